The third-order valence-electron chi connectivity index (χ3n) is 3.01. The highest BCUT2D eigenvalue weighted by molar-refractivity contribution is 7.89. The average molecular weight is 323 g/mol. The fourth-order valence-electron chi connectivity index (χ4n) is 1.70. The summed E-state index contributed by atoms with van der Waals surface area (Å²) in [5.41, 5.74) is 0.738. The number of aliphatic carboxylic acids is 1. The molecule has 0 saturated carbocycles. The number of hydrogen-bond donors (Lipinski definition) is 2. The molecule has 2 N–H and O–H groups in total. The Balaban J connectivity index is 2.73. The average Bonchev–Trinajstić information content (AvgIpc) is 2.47. The zero-order valence-electron chi connectivity index (χ0n) is 12.8. The highest BCUT2D eigenvalue weighted by atomic mass is 32.2. The first-order chi connectivity index (χ1) is 10.4. The molecular formula is C16H21NO4S. The smallest absolute Gasteiger partial charge is 0.321 e. The zero-order chi connectivity index (χ0) is 16.6. The van der Waals surface area contributed by atoms with Gasteiger partial charge in [-0.05, 0) is 37.6 Å². The van der Waals surface area contributed by atoms with E-state index in [0.717, 1.165) is 31.2 Å². The van der Waals surface area contributed by atoms with Crippen LogP contribution in [0.5, 0.6) is 0 Å². The molecule has 22 heavy (non-hydrogen) atoms. The molecule has 0 radical (unpaired) electrons. The van der Waals surface area contributed by atoms with E-state index in [4.69, 9.17) is 5.11 Å². The van der Waals surface area contributed by atoms with Gasteiger partial charge in [-0.1, -0.05) is 31.6 Å². The monoisotopic (exact) mass is 323 g/mol. The number of sulfonamides is 1. The number of hydrogen-bond acceptors (Lipinski definition) is 3. The van der Waals surface area contributed by atoms with E-state index in [-0.39, 0.29) is 4.90 Å². The van der Waals surface area contributed by atoms with E-state index in [1.54, 1.807) is 12.1 Å². The van der Waals surface area contributed by atoms with Crippen LogP contribution in [0.15, 0.2) is 29.2 Å². The van der Waals surface area contributed by atoms with Crippen LogP contribution >= 0.6 is 0 Å². The number of benzene rings is 1. The summed E-state index contributed by atoms with van der Waals surface area (Å²) in [6.07, 6.45) is 4.19. The summed E-state index contributed by atoms with van der Waals surface area (Å²) in [6, 6.07) is 4.91. The lowest BCUT2D eigenvalue weighted by Gasteiger charge is -2.10. The molecule has 1 aromatic rings. The lowest BCUT2D eigenvalue weighted by molar-refractivity contribution is -0.138. The summed E-state index contributed by atoms with van der Waals surface area (Å²) in [4.78, 5) is 10.7. The van der Waals surface area contributed by atoms with Crippen molar-refractivity contribution in [2.24, 2.45) is 0 Å². The summed E-state index contributed by atoms with van der Waals surface area (Å²) in [5.74, 6) is 4.81. The molecule has 0 aromatic heterocycles. The Kier molecular flexibility index (Phi) is 7.09. The third-order valence-corrected chi connectivity index (χ3v) is 4.56. The maximum absolute atomic E-state index is 12.0. The number of carboxylic acids is 1. The summed E-state index contributed by atoms with van der Waals surface area (Å²) in [6.45, 7) is 3.40. The van der Waals surface area contributed by atoms with Crippen LogP contribution in [0.2, 0.25) is 0 Å². The highest BCUT2D eigenvalue weighted by Gasteiger charge is 2.21. The van der Waals surface area contributed by atoms with Crippen molar-refractivity contribution >= 4 is 16.0 Å². The molecule has 0 spiro atoms. The van der Waals surface area contributed by atoms with Gasteiger partial charge >= 0.3 is 5.97 Å². The molecule has 0 unspecified atom stereocenters. The quantitative estimate of drug-likeness (QED) is 0.596. The molecule has 120 valence electrons. The molecule has 0 aliphatic carbocycles. The first kappa shape index (κ1) is 18.2. The number of unbranched alkanes of at least 4 members (excludes halogenated alkanes) is 3. The molecule has 0 amide bonds. The van der Waals surface area contributed by atoms with Crippen molar-refractivity contribution in [1.82, 2.24) is 4.72 Å². The van der Waals surface area contributed by atoms with Gasteiger partial charge in [0.1, 0.15) is 6.04 Å². The summed E-state index contributed by atoms with van der Waals surface area (Å²) in [5, 5.41) is 8.75. The van der Waals surface area contributed by atoms with Crippen LogP contribution in [-0.4, -0.2) is 25.5 Å². The van der Waals surface area contributed by atoms with Gasteiger partial charge in [0.05, 0.1) is 4.90 Å². The van der Waals surface area contributed by atoms with E-state index in [1.807, 2.05) is 0 Å². The van der Waals surface area contributed by atoms with Gasteiger partial charge in [0, 0.05) is 12.0 Å². The minimum absolute atomic E-state index is 0.0251. The standard InChI is InChI=1S/C16H21NO4S/c1-3-4-5-6-7-8-14-9-11-15(12-10-14)22(20,21)17-13(2)16(18)19/h9-13,17H,3-6H2,1-2H3,(H,18,19)/t13-/m0/s1. The first-order valence-corrected chi connectivity index (χ1v) is 8.69. The highest BCUT2D eigenvalue weighted by Crippen LogP contribution is 2.11. The predicted molar refractivity (Wildman–Crippen MR) is 84.9 cm³/mol. The van der Waals surface area contributed by atoms with Crippen molar-refractivity contribution in [3.8, 4) is 11.8 Å². The summed E-state index contributed by atoms with van der Waals surface area (Å²) in [7, 11) is -3.83. The van der Waals surface area contributed by atoms with Gasteiger partial charge in [-0.2, -0.15) is 4.72 Å². The van der Waals surface area contributed by atoms with E-state index in [1.165, 1.54) is 19.1 Å². The number of carboxylic acid groups (broad SMARTS) is 1. The number of rotatable bonds is 7. The van der Waals surface area contributed by atoms with Crippen molar-refractivity contribution in [2.45, 2.75) is 50.5 Å². The lowest BCUT2D eigenvalue weighted by Crippen LogP contribution is -2.38. The Morgan fingerprint density at radius 3 is 2.45 bits per heavy atom. The van der Waals surface area contributed by atoms with Crippen molar-refractivity contribution in [2.75, 3.05) is 0 Å². The van der Waals surface area contributed by atoms with E-state index in [9.17, 15) is 13.2 Å². The second-order valence-corrected chi connectivity index (χ2v) is 6.68. The van der Waals surface area contributed by atoms with Gasteiger partial charge in [-0.15, -0.1) is 0 Å². The van der Waals surface area contributed by atoms with Crippen LogP contribution in [0.1, 0.15) is 45.1 Å². The number of nitrogens with one attached hydrogen (secondary N) is 1. The zero-order valence-corrected chi connectivity index (χ0v) is 13.6. The molecule has 0 saturated heterocycles. The van der Waals surface area contributed by atoms with Crippen molar-refractivity contribution in [1.29, 1.82) is 0 Å². The summed E-state index contributed by atoms with van der Waals surface area (Å²) < 4.78 is 26.1. The van der Waals surface area contributed by atoms with Crippen LogP contribution < -0.4 is 4.72 Å². The third kappa shape index (κ3) is 5.88. The second kappa shape index (κ2) is 8.57. The normalized spacial score (nSPS) is 12.3. The van der Waals surface area contributed by atoms with Crippen LogP contribution in [0, 0.1) is 11.8 Å². The van der Waals surface area contributed by atoms with E-state index >= 15 is 0 Å². The topological polar surface area (TPSA) is 83.5 Å². The predicted octanol–water partition coefficient (Wildman–Crippen LogP) is 2.37. The van der Waals surface area contributed by atoms with Crippen molar-refractivity contribution in [3.63, 3.8) is 0 Å². The largest absolute Gasteiger partial charge is 0.480 e. The van der Waals surface area contributed by atoms with Gasteiger partial charge in [-0.25, -0.2) is 8.42 Å². The first-order valence-electron chi connectivity index (χ1n) is 7.21. The Labute approximate surface area is 131 Å². The minimum Gasteiger partial charge on any atom is -0.480 e. The Morgan fingerprint density at radius 2 is 1.91 bits per heavy atom. The Morgan fingerprint density at radius 1 is 1.27 bits per heavy atom. The van der Waals surface area contributed by atoms with Crippen LogP contribution in [0.4, 0.5) is 0 Å². The molecule has 0 aliphatic heterocycles. The fourth-order valence-corrected chi connectivity index (χ4v) is 2.89. The molecule has 0 heterocycles. The van der Waals surface area contributed by atoms with Gasteiger partial charge in [0.25, 0.3) is 0 Å². The van der Waals surface area contributed by atoms with E-state index in [2.05, 4.69) is 23.5 Å². The van der Waals surface area contributed by atoms with Gasteiger partial charge in [-0.3, -0.25) is 4.79 Å². The second-order valence-electron chi connectivity index (χ2n) is 4.96. The molecule has 0 fully saturated rings. The molecule has 0 aliphatic rings. The van der Waals surface area contributed by atoms with Crippen molar-refractivity contribution < 1.29 is 18.3 Å². The Bertz CT molecular complexity index is 654. The molecule has 6 heteroatoms. The van der Waals surface area contributed by atoms with Crippen LogP contribution in [0.25, 0.3) is 0 Å². The van der Waals surface area contributed by atoms with Crippen LogP contribution in [0.3, 0.4) is 0 Å². The number of carbonyl (C=O) groups is 1. The van der Waals surface area contributed by atoms with Gasteiger partial charge in [0.15, 0.2) is 0 Å². The molecule has 5 nitrogen and oxygen atoms in total. The van der Waals surface area contributed by atoms with E-state index in [0.29, 0.717) is 0 Å². The van der Waals surface area contributed by atoms with E-state index < -0.39 is 22.0 Å². The van der Waals surface area contributed by atoms with Crippen molar-refractivity contribution in [3.05, 3.63) is 29.8 Å². The molecular weight excluding hydrogens is 302 g/mol. The molecule has 1 rings (SSSR count). The molecule has 1 aromatic carbocycles. The molecule has 1 atom stereocenters. The lowest BCUT2D eigenvalue weighted by atomic mass is 10.2. The maximum Gasteiger partial charge on any atom is 0.321 e. The maximum atomic E-state index is 12.0. The Hall–Kier alpha value is -1.84. The van der Waals surface area contributed by atoms with Crippen LogP contribution in [-0.2, 0) is 14.8 Å². The molecule has 0 bridgehead atoms. The van der Waals surface area contributed by atoms with Gasteiger partial charge < -0.3 is 5.11 Å². The minimum atomic E-state index is -3.83. The SMILES string of the molecule is CCCCCC#Cc1ccc(S(=O)(=O)N[C@@H](C)C(=O)O)cc1. The summed E-state index contributed by atoms with van der Waals surface area (Å²) >= 11 is 0. The van der Waals surface area contributed by atoms with Gasteiger partial charge in [0.2, 0.25) is 10.0 Å². The fraction of sp³-hybridized carbons (Fsp3) is 0.438.